The van der Waals surface area contributed by atoms with E-state index in [4.69, 9.17) is 0 Å². The van der Waals surface area contributed by atoms with Crippen molar-refractivity contribution in [3.8, 4) is 0 Å². The minimum atomic E-state index is 0.575. The molecule has 0 spiro atoms. The number of rotatable bonds is 0. The molecule has 0 aliphatic heterocycles. The molecule has 6 heteroatoms. The minimum absolute atomic E-state index is 0.575. The Morgan fingerprint density at radius 3 is 0.938 bits per heavy atom. The summed E-state index contributed by atoms with van der Waals surface area (Å²) < 4.78 is 9.34. The van der Waals surface area contributed by atoms with E-state index in [0.717, 1.165) is 0 Å². The summed E-state index contributed by atoms with van der Waals surface area (Å²) in [6.45, 7) is 0. The van der Waals surface area contributed by atoms with Crippen molar-refractivity contribution in [2.45, 2.75) is 0 Å². The summed E-state index contributed by atoms with van der Waals surface area (Å²) >= 11 is 2.30. The second-order valence-corrected chi connectivity index (χ2v) is 39.1. The molecule has 0 atom stereocenters. The molecule has 0 aromatic heterocycles. The molecule has 2 rings (SSSR count). The summed E-state index contributed by atoms with van der Waals surface area (Å²) in [5.41, 5.74) is 0. The molecule has 0 saturated carbocycles. The first-order chi connectivity index (χ1) is 7.79. The van der Waals surface area contributed by atoms with Crippen LogP contribution in [0.5, 0.6) is 0 Å². The zero-order valence-electron chi connectivity index (χ0n) is 10.4. The molecule has 0 aliphatic rings. The van der Waals surface area contributed by atoms with Crippen LogP contribution in [0, 0.1) is 0 Å². The van der Waals surface area contributed by atoms with Crippen molar-refractivity contribution in [3.05, 3.63) is 48.5 Å². The molecule has 0 N–H and O–H groups in total. The number of fused-ring (bicyclic) bond motifs is 1. The minimum Gasteiger partial charge on any atom is -0.0616 e. The molecular formula is C10H20O2Sn4. The normalized spacial score (nSPS) is 9.25. The Morgan fingerprint density at radius 1 is 0.562 bits per heavy atom. The summed E-state index contributed by atoms with van der Waals surface area (Å²) in [6.07, 6.45) is 0. The van der Waals surface area contributed by atoms with Crippen molar-refractivity contribution in [2.75, 3.05) is 0 Å². The largest absolute Gasteiger partial charge is 0.0616 e. The first-order valence-corrected chi connectivity index (χ1v) is 14.4. The quantitative estimate of drug-likeness (QED) is 0.308. The number of benzene rings is 2. The van der Waals surface area contributed by atoms with Crippen molar-refractivity contribution in [1.82, 2.24) is 0 Å². The molecule has 0 fully saturated rings. The third kappa shape index (κ3) is 8.84. The first kappa shape index (κ1) is 17.8. The average molecular weight is 647 g/mol. The van der Waals surface area contributed by atoms with Crippen molar-refractivity contribution in [3.63, 3.8) is 0 Å². The van der Waals surface area contributed by atoms with Crippen LogP contribution < -0.4 is 0 Å². The molecule has 2 aromatic rings. The Bertz CT molecular complexity index is 316. The van der Waals surface area contributed by atoms with Gasteiger partial charge >= 0.3 is 94.6 Å². The summed E-state index contributed by atoms with van der Waals surface area (Å²) in [7, 11) is 0. The van der Waals surface area contributed by atoms with E-state index in [-0.39, 0.29) is 0 Å². The molecule has 0 radical (unpaired) electrons. The number of hydrogen-bond donors (Lipinski definition) is 0. The van der Waals surface area contributed by atoms with E-state index >= 15 is 0 Å². The van der Waals surface area contributed by atoms with E-state index in [9.17, 15) is 0 Å². The van der Waals surface area contributed by atoms with Crippen molar-refractivity contribution in [2.24, 2.45) is 0 Å². The molecule has 0 aliphatic carbocycles. The van der Waals surface area contributed by atoms with Crippen LogP contribution in [0.15, 0.2) is 48.5 Å². The number of hydrogen-bond acceptors (Lipinski definition) is 2. The fourth-order valence-corrected chi connectivity index (χ4v) is 1.13. The van der Waals surface area contributed by atoms with E-state index in [1.807, 2.05) is 0 Å². The Hall–Kier alpha value is 1.81. The van der Waals surface area contributed by atoms with Gasteiger partial charge in [-0.05, 0) is 10.8 Å². The average Bonchev–Trinajstić information content (AvgIpc) is 2.31. The van der Waals surface area contributed by atoms with E-state index in [1.165, 1.54) is 10.8 Å². The van der Waals surface area contributed by atoms with Gasteiger partial charge in [0.1, 0.15) is 0 Å². The van der Waals surface area contributed by atoms with Gasteiger partial charge < -0.3 is 0 Å². The molecule has 0 bridgehead atoms. The summed E-state index contributed by atoms with van der Waals surface area (Å²) in [5.74, 6) is 0. The van der Waals surface area contributed by atoms with Crippen LogP contribution in [0.2, 0.25) is 0 Å². The van der Waals surface area contributed by atoms with E-state index in [0.29, 0.717) is 91.8 Å². The van der Waals surface area contributed by atoms with Gasteiger partial charge in [0.2, 0.25) is 0 Å². The zero-order chi connectivity index (χ0) is 12.2. The zero-order valence-corrected chi connectivity index (χ0v) is 33.3. The van der Waals surface area contributed by atoms with Gasteiger partial charge in [-0.3, -0.25) is 0 Å². The van der Waals surface area contributed by atoms with E-state index in [2.05, 4.69) is 51.4 Å². The smallest absolute Gasteiger partial charge is 0.0184 e. The Balaban J connectivity index is 0.000000321. The fourth-order valence-electron chi connectivity index (χ4n) is 1.13. The Labute approximate surface area is 151 Å². The molecule has 2 aromatic carbocycles. The molecule has 2 nitrogen and oxygen atoms in total. The van der Waals surface area contributed by atoms with Crippen LogP contribution in [-0.2, 0) is 2.82 Å². The fraction of sp³-hybridized carbons (Fsp3) is 0. The SMILES string of the molecule is [SnH3][O][SnH3].[SnH3][O][SnH3].c1ccc2ccccc2c1. The predicted molar refractivity (Wildman–Crippen MR) is 85.9 cm³/mol. The van der Waals surface area contributed by atoms with Crippen molar-refractivity contribution < 1.29 is 2.82 Å². The van der Waals surface area contributed by atoms with Crippen LogP contribution in [0.25, 0.3) is 10.8 Å². The third-order valence-electron chi connectivity index (χ3n) is 1.66. The van der Waals surface area contributed by atoms with Gasteiger partial charge in [0.05, 0.1) is 0 Å². The van der Waals surface area contributed by atoms with Gasteiger partial charge in [0.25, 0.3) is 0 Å². The molecule has 88 valence electrons. The van der Waals surface area contributed by atoms with Gasteiger partial charge in [0.15, 0.2) is 0 Å². The topological polar surface area (TPSA) is 18.5 Å². The second-order valence-electron chi connectivity index (χ2n) is 3.16. The molecule has 0 amide bonds. The summed E-state index contributed by atoms with van der Waals surface area (Å²) in [4.78, 5) is 0. The van der Waals surface area contributed by atoms with E-state index < -0.39 is 0 Å². The first-order valence-electron chi connectivity index (χ1n) is 5.04. The van der Waals surface area contributed by atoms with Crippen LogP contribution in [-0.4, -0.2) is 91.8 Å². The molecule has 0 heterocycles. The Morgan fingerprint density at radius 2 is 0.750 bits per heavy atom. The maximum absolute atomic E-state index is 4.67. The molecular weight excluding hydrogens is 627 g/mol. The summed E-state index contributed by atoms with van der Waals surface area (Å²) in [6, 6.07) is 16.7. The van der Waals surface area contributed by atoms with Gasteiger partial charge in [-0.1, -0.05) is 48.5 Å². The molecule has 0 saturated heterocycles. The monoisotopic (exact) mass is 652 g/mol. The van der Waals surface area contributed by atoms with Gasteiger partial charge in [-0.15, -0.1) is 0 Å². The van der Waals surface area contributed by atoms with Gasteiger partial charge in [0, 0.05) is 0 Å². The van der Waals surface area contributed by atoms with Crippen LogP contribution in [0.4, 0.5) is 0 Å². The summed E-state index contributed by atoms with van der Waals surface area (Å²) in [5, 5.41) is 2.62. The molecule has 16 heavy (non-hydrogen) atoms. The van der Waals surface area contributed by atoms with Gasteiger partial charge in [-0.25, -0.2) is 0 Å². The van der Waals surface area contributed by atoms with Crippen LogP contribution >= 0.6 is 0 Å². The van der Waals surface area contributed by atoms with Crippen molar-refractivity contribution in [1.29, 1.82) is 0 Å². The third-order valence-corrected chi connectivity index (χ3v) is 1.66. The maximum Gasteiger partial charge on any atom is -0.0184 e. The van der Waals surface area contributed by atoms with Crippen LogP contribution in [0.3, 0.4) is 0 Å². The predicted octanol–water partition coefficient (Wildman–Crippen LogP) is -2.03. The second kappa shape index (κ2) is 13.3. The Kier molecular flexibility index (Phi) is 14.8. The van der Waals surface area contributed by atoms with Crippen molar-refractivity contribution >= 4 is 103 Å². The molecule has 0 unspecified atom stereocenters. The standard InChI is InChI=1S/C10H8.2O.4Sn.12H/c1-2-6-10-8-4-3-7-9(10)5-1;;;;;;;;;;;;;;;;;;/h1-8H;;;;;;;;;;;;;;;;;;. The maximum atomic E-state index is 4.67. The van der Waals surface area contributed by atoms with E-state index in [1.54, 1.807) is 0 Å². The van der Waals surface area contributed by atoms with Gasteiger partial charge in [-0.2, -0.15) is 0 Å². The van der Waals surface area contributed by atoms with Crippen LogP contribution in [0.1, 0.15) is 0 Å².